The van der Waals surface area contributed by atoms with Crippen LogP contribution in [0, 0.1) is 35.0 Å². The summed E-state index contributed by atoms with van der Waals surface area (Å²) in [6, 6.07) is 22.3. The Morgan fingerprint density at radius 1 is 1.00 bits per heavy atom. The second-order valence-corrected chi connectivity index (χ2v) is 5.44. The van der Waals surface area contributed by atoms with E-state index in [0.29, 0.717) is 6.42 Å². The molecule has 2 nitrogen and oxygen atoms in total. The van der Waals surface area contributed by atoms with Crippen LogP contribution in [-0.2, 0) is 0 Å². The molecule has 0 bridgehead atoms. The number of hydrogen-bond acceptors (Lipinski definition) is 2. The van der Waals surface area contributed by atoms with Gasteiger partial charge in [-0.3, -0.25) is 0 Å². The fraction of sp³-hybridized carbons (Fsp3) is 0.200. The second-order valence-electron chi connectivity index (χ2n) is 5.44. The van der Waals surface area contributed by atoms with Gasteiger partial charge < -0.3 is 0 Å². The highest BCUT2D eigenvalue weighted by Gasteiger charge is 2.40. The fourth-order valence-corrected chi connectivity index (χ4v) is 2.76. The number of rotatable bonds is 5. The standard InChI is InChI=1S/C20H18N2/c1-3-13-20(14-21,15-22)19(17-7-5-4-6-8-17)18-11-9-16(2)10-12-18/h3-12,19H,1,13H2,2H3. The van der Waals surface area contributed by atoms with E-state index >= 15 is 0 Å². The van der Waals surface area contributed by atoms with Crippen LogP contribution < -0.4 is 0 Å². The summed E-state index contributed by atoms with van der Waals surface area (Å²) in [5.41, 5.74) is 1.94. The Morgan fingerprint density at radius 3 is 2.05 bits per heavy atom. The molecule has 0 saturated heterocycles. The molecule has 0 fully saturated rings. The molecule has 2 rings (SSSR count). The van der Waals surface area contributed by atoms with Crippen LogP contribution in [0.1, 0.15) is 29.0 Å². The summed E-state index contributed by atoms with van der Waals surface area (Å²) in [5, 5.41) is 19.5. The smallest absolute Gasteiger partial charge is 0.158 e. The minimum absolute atomic E-state index is 0.303. The van der Waals surface area contributed by atoms with Gasteiger partial charge in [0.25, 0.3) is 0 Å². The highest BCUT2D eigenvalue weighted by molar-refractivity contribution is 5.42. The number of nitriles is 2. The van der Waals surface area contributed by atoms with E-state index < -0.39 is 5.41 Å². The van der Waals surface area contributed by atoms with E-state index in [0.717, 1.165) is 16.7 Å². The van der Waals surface area contributed by atoms with Crippen molar-refractivity contribution in [2.75, 3.05) is 0 Å². The molecule has 1 unspecified atom stereocenters. The zero-order valence-electron chi connectivity index (χ0n) is 12.7. The van der Waals surface area contributed by atoms with E-state index in [-0.39, 0.29) is 5.92 Å². The first-order valence-corrected chi connectivity index (χ1v) is 7.22. The Hall–Kier alpha value is -2.84. The maximum atomic E-state index is 9.74. The summed E-state index contributed by atoms with van der Waals surface area (Å²) in [7, 11) is 0. The molecule has 0 heterocycles. The molecule has 1 atom stereocenters. The van der Waals surface area contributed by atoms with Crippen molar-refractivity contribution in [3.63, 3.8) is 0 Å². The molecule has 0 aliphatic carbocycles. The van der Waals surface area contributed by atoms with Crippen molar-refractivity contribution in [1.29, 1.82) is 10.5 Å². The quantitative estimate of drug-likeness (QED) is 0.745. The van der Waals surface area contributed by atoms with Gasteiger partial charge >= 0.3 is 0 Å². The lowest BCUT2D eigenvalue weighted by Crippen LogP contribution is -2.26. The van der Waals surface area contributed by atoms with Gasteiger partial charge in [0.2, 0.25) is 0 Å². The zero-order chi connectivity index (χ0) is 16.0. The van der Waals surface area contributed by atoms with Crippen molar-refractivity contribution in [1.82, 2.24) is 0 Å². The molecular weight excluding hydrogens is 268 g/mol. The molecule has 0 amide bonds. The molecule has 2 aromatic carbocycles. The molecule has 22 heavy (non-hydrogen) atoms. The van der Waals surface area contributed by atoms with Crippen molar-refractivity contribution >= 4 is 0 Å². The van der Waals surface area contributed by atoms with Gasteiger partial charge in [0, 0.05) is 5.92 Å². The summed E-state index contributed by atoms with van der Waals surface area (Å²) in [6.45, 7) is 5.74. The lowest BCUT2D eigenvalue weighted by Gasteiger charge is -2.29. The maximum absolute atomic E-state index is 9.74. The van der Waals surface area contributed by atoms with Crippen molar-refractivity contribution in [3.05, 3.63) is 83.9 Å². The highest BCUT2D eigenvalue weighted by Crippen LogP contribution is 2.43. The molecule has 0 saturated carbocycles. The average Bonchev–Trinajstić information content (AvgIpc) is 2.57. The fourth-order valence-electron chi connectivity index (χ4n) is 2.76. The number of aryl methyl sites for hydroxylation is 1. The predicted octanol–water partition coefficient (Wildman–Crippen LogP) is 4.74. The van der Waals surface area contributed by atoms with E-state index in [9.17, 15) is 10.5 Å². The molecule has 2 aromatic rings. The predicted molar refractivity (Wildman–Crippen MR) is 87.9 cm³/mol. The number of hydrogen-bond donors (Lipinski definition) is 0. The van der Waals surface area contributed by atoms with Gasteiger partial charge in [-0.2, -0.15) is 10.5 Å². The van der Waals surface area contributed by atoms with Gasteiger partial charge in [-0.05, 0) is 24.5 Å². The van der Waals surface area contributed by atoms with Crippen molar-refractivity contribution in [3.8, 4) is 12.1 Å². The van der Waals surface area contributed by atoms with Gasteiger partial charge in [0.1, 0.15) is 0 Å². The molecule has 0 N–H and O–H groups in total. The average molecular weight is 286 g/mol. The Morgan fingerprint density at radius 2 is 1.55 bits per heavy atom. The first-order valence-electron chi connectivity index (χ1n) is 7.22. The Balaban J connectivity index is 2.65. The summed E-state index contributed by atoms with van der Waals surface area (Å²) >= 11 is 0. The molecule has 2 heteroatoms. The highest BCUT2D eigenvalue weighted by atomic mass is 14.5. The van der Waals surface area contributed by atoms with E-state index in [4.69, 9.17) is 0 Å². The first-order chi connectivity index (χ1) is 10.7. The van der Waals surface area contributed by atoms with Crippen LogP contribution in [0.5, 0.6) is 0 Å². The molecule has 108 valence electrons. The van der Waals surface area contributed by atoms with Crippen LogP contribution in [0.3, 0.4) is 0 Å². The second kappa shape index (κ2) is 6.74. The third-order valence-corrected chi connectivity index (χ3v) is 3.90. The van der Waals surface area contributed by atoms with E-state index in [1.807, 2.05) is 61.5 Å². The molecule has 0 aromatic heterocycles. The van der Waals surface area contributed by atoms with E-state index in [2.05, 4.69) is 18.7 Å². The molecule has 0 spiro atoms. The summed E-state index contributed by atoms with van der Waals surface area (Å²) in [6.07, 6.45) is 1.98. The Kier molecular flexibility index (Phi) is 4.77. The largest absolute Gasteiger partial charge is 0.197 e. The SMILES string of the molecule is C=CCC(C#N)(C#N)C(c1ccccc1)c1ccc(C)cc1. The van der Waals surface area contributed by atoms with Crippen LogP contribution in [0.2, 0.25) is 0 Å². The van der Waals surface area contributed by atoms with Crippen LogP contribution >= 0.6 is 0 Å². The first kappa shape index (κ1) is 15.5. The molecule has 0 aliphatic heterocycles. The van der Waals surface area contributed by atoms with Gasteiger partial charge in [0.15, 0.2) is 5.41 Å². The monoisotopic (exact) mass is 286 g/mol. The van der Waals surface area contributed by atoms with Crippen LogP contribution in [0.15, 0.2) is 67.3 Å². The third kappa shape index (κ3) is 2.92. The van der Waals surface area contributed by atoms with Crippen LogP contribution in [-0.4, -0.2) is 0 Å². The van der Waals surface area contributed by atoms with Gasteiger partial charge in [-0.1, -0.05) is 66.2 Å². The van der Waals surface area contributed by atoms with Crippen molar-refractivity contribution < 1.29 is 0 Å². The van der Waals surface area contributed by atoms with Crippen molar-refractivity contribution in [2.24, 2.45) is 5.41 Å². The van der Waals surface area contributed by atoms with Gasteiger partial charge in [0.05, 0.1) is 12.1 Å². The molecule has 0 aliphatic rings. The third-order valence-electron chi connectivity index (χ3n) is 3.90. The number of allylic oxidation sites excluding steroid dienone is 1. The number of benzene rings is 2. The molecule has 0 radical (unpaired) electrons. The lowest BCUT2D eigenvalue weighted by molar-refractivity contribution is 0.462. The van der Waals surface area contributed by atoms with Gasteiger partial charge in [-0.25, -0.2) is 0 Å². The summed E-state index contributed by atoms with van der Waals surface area (Å²) < 4.78 is 0. The molecular formula is C20H18N2. The van der Waals surface area contributed by atoms with E-state index in [1.165, 1.54) is 0 Å². The van der Waals surface area contributed by atoms with Gasteiger partial charge in [-0.15, -0.1) is 6.58 Å². The zero-order valence-corrected chi connectivity index (χ0v) is 12.7. The van der Waals surface area contributed by atoms with Crippen molar-refractivity contribution in [2.45, 2.75) is 19.3 Å². The maximum Gasteiger partial charge on any atom is 0.158 e. The summed E-state index contributed by atoms with van der Waals surface area (Å²) in [4.78, 5) is 0. The topological polar surface area (TPSA) is 47.6 Å². The minimum Gasteiger partial charge on any atom is -0.197 e. The van der Waals surface area contributed by atoms with Crippen LogP contribution in [0.25, 0.3) is 0 Å². The lowest BCUT2D eigenvalue weighted by atomic mass is 9.68. The minimum atomic E-state index is -1.15. The Labute approximate surface area is 132 Å². The summed E-state index contributed by atoms with van der Waals surface area (Å²) in [5.74, 6) is -0.303. The van der Waals surface area contributed by atoms with Crippen LogP contribution in [0.4, 0.5) is 0 Å². The van der Waals surface area contributed by atoms with E-state index in [1.54, 1.807) is 6.08 Å². The number of nitrogens with zero attached hydrogens (tertiary/aromatic N) is 2. The Bertz CT molecular complexity index is 701. The normalized spacial score (nSPS) is 12.0.